The number of Topliss-reactive ketones (excluding diaryl/α,β-unsaturated/α-hetero) is 2. The van der Waals surface area contributed by atoms with Crippen LogP contribution in [-0.4, -0.2) is 68.5 Å². The third-order valence-corrected chi connectivity index (χ3v) is 6.86. The lowest BCUT2D eigenvalue weighted by molar-refractivity contribution is -0.153. The number of phenolic OH excluding ortho intramolecular Hbond substituents is 1. The summed E-state index contributed by atoms with van der Waals surface area (Å²) in [5.74, 6) is -8.20. The molecule has 10 heteroatoms. The fourth-order valence-electron chi connectivity index (χ4n) is 5.39. The van der Waals surface area contributed by atoms with Crippen LogP contribution < -0.4 is 5.73 Å². The van der Waals surface area contributed by atoms with E-state index in [0.29, 0.717) is 0 Å². The third-order valence-electron chi connectivity index (χ3n) is 6.86. The summed E-state index contributed by atoms with van der Waals surface area (Å²) >= 11 is 0. The number of aromatic hydroxyl groups is 1. The topological polar surface area (TPSA) is 161 Å². The number of benzene rings is 1. The molecule has 4 atom stereocenters. The van der Waals surface area contributed by atoms with Crippen LogP contribution in [0, 0.1) is 24.6 Å². The van der Waals surface area contributed by atoms with Gasteiger partial charge in [-0.15, -0.1) is 0 Å². The fourth-order valence-corrected chi connectivity index (χ4v) is 5.39. The van der Waals surface area contributed by atoms with Crippen LogP contribution in [-0.2, 0) is 20.8 Å². The monoisotopic (exact) mass is 446 g/mol. The number of ketones is 2. The quantitative estimate of drug-likeness (QED) is 0.408. The van der Waals surface area contributed by atoms with Gasteiger partial charge in [0.15, 0.2) is 11.4 Å². The molecule has 170 valence electrons. The van der Waals surface area contributed by atoms with E-state index >= 15 is 0 Å². The number of nitrogens with zero attached hydrogens (tertiary/aromatic N) is 1. The molecule has 0 spiro atoms. The van der Waals surface area contributed by atoms with Gasteiger partial charge in [-0.3, -0.25) is 19.3 Å². The average Bonchev–Trinajstić information content (AvgIpc) is 2.68. The van der Waals surface area contributed by atoms with Crippen LogP contribution in [0.15, 0.2) is 23.0 Å². The van der Waals surface area contributed by atoms with Crippen molar-refractivity contribution < 1.29 is 39.2 Å². The van der Waals surface area contributed by atoms with Crippen molar-refractivity contribution in [1.82, 2.24) is 4.90 Å². The Morgan fingerprint density at radius 2 is 1.88 bits per heavy atom. The Morgan fingerprint density at radius 1 is 1.25 bits per heavy atom. The van der Waals surface area contributed by atoms with Gasteiger partial charge in [-0.05, 0) is 51.4 Å². The van der Waals surface area contributed by atoms with Crippen molar-refractivity contribution in [1.29, 1.82) is 0 Å². The van der Waals surface area contributed by atoms with Crippen molar-refractivity contribution in [2.24, 2.45) is 17.6 Å². The Labute approximate surface area is 182 Å². The second-order valence-corrected chi connectivity index (χ2v) is 8.84. The van der Waals surface area contributed by atoms with E-state index < -0.39 is 69.6 Å². The predicted octanol–water partition coefficient (Wildman–Crippen LogP) is 0.412. The molecule has 3 aliphatic carbocycles. The summed E-state index contributed by atoms with van der Waals surface area (Å²) in [6.07, 6.45) is -0.159. The van der Waals surface area contributed by atoms with E-state index in [-0.39, 0.29) is 35.1 Å². The Hall–Kier alpha value is -3.24. The van der Waals surface area contributed by atoms with E-state index in [9.17, 15) is 39.2 Å². The standard InChI is InChI=1S/C22H23FN2O7/c1-7-4-11(23)9-5-8-6-10-15(25(2)3)18(28)14(21(24)31)20(30)22(10,32)19(29)12(8)17(27)13(9)16(7)26/h4,8,10,15,26-27,30,32H,5-6H2,1-3H3,(H2,24,31)/t8?,10?,15-,22-/m0/s1. The zero-order chi connectivity index (χ0) is 23.9. The Morgan fingerprint density at radius 3 is 2.44 bits per heavy atom. The molecule has 1 aromatic rings. The van der Waals surface area contributed by atoms with Crippen LogP contribution in [0.25, 0.3) is 5.76 Å². The summed E-state index contributed by atoms with van der Waals surface area (Å²) in [6, 6.07) is -0.0582. The van der Waals surface area contributed by atoms with Crippen molar-refractivity contribution in [3.63, 3.8) is 0 Å². The maximum Gasteiger partial charge on any atom is 0.255 e. The van der Waals surface area contributed by atoms with Gasteiger partial charge in [-0.2, -0.15) is 0 Å². The molecule has 0 aromatic heterocycles. The molecule has 1 amide bonds. The molecule has 0 saturated heterocycles. The summed E-state index contributed by atoms with van der Waals surface area (Å²) in [5.41, 5.74) is 1.27. The molecule has 4 rings (SSSR count). The number of primary amides is 1. The highest BCUT2D eigenvalue weighted by Crippen LogP contribution is 2.53. The first-order valence-electron chi connectivity index (χ1n) is 9.99. The zero-order valence-corrected chi connectivity index (χ0v) is 17.6. The summed E-state index contributed by atoms with van der Waals surface area (Å²) in [7, 11) is 3.02. The SMILES string of the molecule is Cc1cc(F)c2c(c1O)C(O)=C1C(=O)[C@]3(O)C(O)=C(C(N)=O)C(=O)[C@@H](N(C)C)C3CC1C2. The largest absolute Gasteiger partial charge is 0.508 e. The molecule has 9 nitrogen and oxygen atoms in total. The normalized spacial score (nSPS) is 29.8. The molecule has 2 unspecified atom stereocenters. The molecule has 0 aliphatic heterocycles. The summed E-state index contributed by atoms with van der Waals surface area (Å²) < 4.78 is 14.7. The fraction of sp³-hybridized carbons (Fsp3) is 0.409. The van der Waals surface area contributed by atoms with E-state index in [1.54, 1.807) is 0 Å². The van der Waals surface area contributed by atoms with Gasteiger partial charge in [0, 0.05) is 17.1 Å². The molecule has 6 N–H and O–H groups in total. The second-order valence-electron chi connectivity index (χ2n) is 8.84. The van der Waals surface area contributed by atoms with Crippen LogP contribution in [0.3, 0.4) is 0 Å². The average molecular weight is 446 g/mol. The number of aryl methyl sites for hydroxylation is 1. The lowest BCUT2D eigenvalue weighted by atomic mass is 9.57. The number of rotatable bonds is 2. The Kier molecular flexibility index (Phi) is 4.72. The van der Waals surface area contributed by atoms with Crippen molar-refractivity contribution in [2.45, 2.75) is 31.4 Å². The minimum Gasteiger partial charge on any atom is -0.508 e. The van der Waals surface area contributed by atoms with Gasteiger partial charge >= 0.3 is 0 Å². The number of carbonyl (C=O) groups excluding carboxylic acids is 3. The number of amides is 1. The van der Waals surface area contributed by atoms with Gasteiger partial charge in [-0.1, -0.05) is 0 Å². The molecule has 0 bridgehead atoms. The van der Waals surface area contributed by atoms with Crippen LogP contribution in [0.4, 0.5) is 4.39 Å². The molecule has 3 aliphatic rings. The number of hydrogen-bond donors (Lipinski definition) is 5. The van der Waals surface area contributed by atoms with Crippen molar-refractivity contribution in [3.05, 3.63) is 45.5 Å². The van der Waals surface area contributed by atoms with E-state index in [0.717, 1.165) is 6.07 Å². The van der Waals surface area contributed by atoms with Crippen LogP contribution >= 0.6 is 0 Å². The maximum atomic E-state index is 14.7. The van der Waals surface area contributed by atoms with E-state index in [2.05, 4.69) is 0 Å². The summed E-state index contributed by atoms with van der Waals surface area (Å²) in [4.78, 5) is 39.8. The van der Waals surface area contributed by atoms with Crippen molar-refractivity contribution >= 4 is 23.2 Å². The van der Waals surface area contributed by atoms with Crippen LogP contribution in [0.1, 0.15) is 23.1 Å². The lowest BCUT2D eigenvalue weighted by Gasteiger charge is -2.50. The highest BCUT2D eigenvalue weighted by Gasteiger charge is 2.64. The number of fused-ring (bicyclic) bond motifs is 3. The number of hydrogen-bond acceptors (Lipinski definition) is 8. The molecular formula is C22H23FN2O7. The van der Waals surface area contributed by atoms with Gasteiger partial charge in [0.2, 0.25) is 5.78 Å². The maximum absolute atomic E-state index is 14.7. The number of halogens is 1. The number of aliphatic hydroxyl groups is 3. The van der Waals surface area contributed by atoms with Gasteiger partial charge < -0.3 is 26.2 Å². The minimum absolute atomic E-state index is 0.0127. The van der Waals surface area contributed by atoms with Crippen LogP contribution in [0.2, 0.25) is 0 Å². The minimum atomic E-state index is -2.71. The smallest absolute Gasteiger partial charge is 0.255 e. The highest BCUT2D eigenvalue weighted by atomic mass is 19.1. The number of aliphatic hydroxyl groups excluding tert-OH is 2. The lowest BCUT2D eigenvalue weighted by Crippen LogP contribution is -2.65. The van der Waals surface area contributed by atoms with Crippen molar-refractivity contribution in [3.8, 4) is 5.75 Å². The number of carbonyl (C=O) groups is 3. The zero-order valence-electron chi connectivity index (χ0n) is 17.6. The van der Waals surface area contributed by atoms with E-state index in [1.165, 1.54) is 25.9 Å². The first-order valence-corrected chi connectivity index (χ1v) is 9.99. The number of likely N-dealkylation sites (N-methyl/N-ethyl adjacent to an activating group) is 1. The molecule has 0 radical (unpaired) electrons. The molecule has 1 aromatic carbocycles. The van der Waals surface area contributed by atoms with Gasteiger partial charge in [0.1, 0.15) is 28.7 Å². The van der Waals surface area contributed by atoms with E-state index in [4.69, 9.17) is 5.73 Å². The van der Waals surface area contributed by atoms with Crippen LogP contribution in [0.5, 0.6) is 5.75 Å². The predicted molar refractivity (Wildman–Crippen MR) is 109 cm³/mol. The Balaban J connectivity index is 2.00. The first kappa shape index (κ1) is 22.0. The molecular weight excluding hydrogens is 423 g/mol. The van der Waals surface area contributed by atoms with E-state index in [1.807, 2.05) is 0 Å². The summed E-state index contributed by atoms with van der Waals surface area (Å²) in [5, 5.41) is 43.5. The summed E-state index contributed by atoms with van der Waals surface area (Å²) in [6.45, 7) is 1.43. The molecule has 1 saturated carbocycles. The second kappa shape index (κ2) is 6.88. The van der Waals surface area contributed by atoms with Gasteiger partial charge in [0.25, 0.3) is 5.91 Å². The highest BCUT2D eigenvalue weighted by molar-refractivity contribution is 6.24. The third kappa shape index (κ3) is 2.59. The van der Waals surface area contributed by atoms with Crippen molar-refractivity contribution in [2.75, 3.05) is 14.1 Å². The van der Waals surface area contributed by atoms with Gasteiger partial charge in [-0.25, -0.2) is 4.39 Å². The molecule has 0 heterocycles. The first-order chi connectivity index (χ1) is 14.8. The Bertz CT molecular complexity index is 1170. The molecule has 1 fully saturated rings. The molecule has 32 heavy (non-hydrogen) atoms. The number of nitrogens with two attached hydrogens (primary N) is 1. The number of phenols is 1. The van der Waals surface area contributed by atoms with Gasteiger partial charge in [0.05, 0.1) is 11.6 Å².